The number of halogens is 2. The molecule has 0 amide bonds. The van der Waals surface area contributed by atoms with E-state index in [1.807, 2.05) is 0 Å². The van der Waals surface area contributed by atoms with Gasteiger partial charge in [0.15, 0.2) is 11.6 Å². The van der Waals surface area contributed by atoms with E-state index in [9.17, 15) is 8.78 Å². The van der Waals surface area contributed by atoms with Gasteiger partial charge < -0.3 is 10.6 Å². The highest BCUT2D eigenvalue weighted by Gasteiger charge is 2.20. The van der Waals surface area contributed by atoms with E-state index in [0.29, 0.717) is 11.6 Å². The van der Waals surface area contributed by atoms with Crippen LogP contribution in [0.15, 0.2) is 12.1 Å². The Morgan fingerprint density at radius 3 is 2.56 bits per heavy atom. The third-order valence-corrected chi connectivity index (χ3v) is 3.74. The maximum atomic E-state index is 13.8. The van der Waals surface area contributed by atoms with Gasteiger partial charge in [0.05, 0.1) is 11.4 Å². The summed E-state index contributed by atoms with van der Waals surface area (Å²) in [7, 11) is 1.78. The van der Waals surface area contributed by atoms with Crippen molar-refractivity contribution >= 4 is 11.4 Å². The van der Waals surface area contributed by atoms with Gasteiger partial charge in [-0.05, 0) is 30.9 Å². The summed E-state index contributed by atoms with van der Waals surface area (Å²) in [5, 5.41) is 0. The molecule has 18 heavy (non-hydrogen) atoms. The van der Waals surface area contributed by atoms with Gasteiger partial charge in [0.1, 0.15) is 0 Å². The highest BCUT2D eigenvalue weighted by atomic mass is 19.2. The van der Waals surface area contributed by atoms with Gasteiger partial charge in [-0.1, -0.05) is 19.3 Å². The molecule has 2 rings (SSSR count). The average Bonchev–Trinajstić information content (AvgIpc) is 2.36. The average molecular weight is 254 g/mol. The van der Waals surface area contributed by atoms with E-state index in [-0.39, 0.29) is 5.69 Å². The molecule has 0 heterocycles. The van der Waals surface area contributed by atoms with Crippen LogP contribution in [0, 0.1) is 17.6 Å². The number of nitrogen functional groups attached to an aromatic ring is 1. The number of benzene rings is 1. The Morgan fingerprint density at radius 1 is 1.22 bits per heavy atom. The molecule has 0 saturated heterocycles. The number of rotatable bonds is 3. The number of nitrogens with zero attached hydrogens (tertiary/aromatic N) is 1. The molecule has 0 spiro atoms. The van der Waals surface area contributed by atoms with Crippen molar-refractivity contribution < 1.29 is 8.78 Å². The van der Waals surface area contributed by atoms with Crippen molar-refractivity contribution in [3.05, 3.63) is 23.8 Å². The normalized spacial score (nSPS) is 16.8. The lowest BCUT2D eigenvalue weighted by Gasteiger charge is -2.29. The number of hydrogen-bond acceptors (Lipinski definition) is 2. The topological polar surface area (TPSA) is 29.3 Å². The fourth-order valence-corrected chi connectivity index (χ4v) is 2.79. The first-order chi connectivity index (χ1) is 8.59. The molecule has 0 atom stereocenters. The van der Waals surface area contributed by atoms with Gasteiger partial charge in [-0.15, -0.1) is 0 Å². The van der Waals surface area contributed by atoms with Gasteiger partial charge in [-0.3, -0.25) is 0 Å². The largest absolute Gasteiger partial charge is 0.397 e. The summed E-state index contributed by atoms with van der Waals surface area (Å²) in [6.07, 6.45) is 6.10. The van der Waals surface area contributed by atoms with E-state index in [4.69, 9.17) is 5.73 Å². The third kappa shape index (κ3) is 2.74. The first kappa shape index (κ1) is 13.1. The Kier molecular flexibility index (Phi) is 4.04. The van der Waals surface area contributed by atoms with E-state index in [1.54, 1.807) is 11.9 Å². The molecule has 1 aliphatic rings. The Morgan fingerprint density at radius 2 is 1.89 bits per heavy atom. The van der Waals surface area contributed by atoms with Crippen LogP contribution in [0.1, 0.15) is 32.1 Å². The van der Waals surface area contributed by atoms with Crippen LogP contribution in [0.3, 0.4) is 0 Å². The Labute approximate surface area is 107 Å². The predicted octanol–water partition coefficient (Wildman–Crippen LogP) is 3.56. The van der Waals surface area contributed by atoms with E-state index in [0.717, 1.165) is 12.6 Å². The Bertz CT molecular complexity index is 415. The van der Waals surface area contributed by atoms with E-state index in [2.05, 4.69) is 0 Å². The van der Waals surface area contributed by atoms with Gasteiger partial charge >= 0.3 is 0 Å². The third-order valence-electron chi connectivity index (χ3n) is 3.74. The maximum Gasteiger partial charge on any atom is 0.184 e. The van der Waals surface area contributed by atoms with Crippen LogP contribution in [0.4, 0.5) is 20.2 Å². The second kappa shape index (κ2) is 5.55. The molecule has 0 aromatic heterocycles. The van der Waals surface area contributed by atoms with Gasteiger partial charge in [-0.2, -0.15) is 0 Å². The highest BCUT2D eigenvalue weighted by molar-refractivity contribution is 5.68. The van der Waals surface area contributed by atoms with Crippen LogP contribution < -0.4 is 10.6 Å². The minimum atomic E-state index is -0.840. The van der Waals surface area contributed by atoms with Crippen molar-refractivity contribution in [1.29, 1.82) is 0 Å². The standard InChI is InChI=1S/C14H20F2N2/c1-18(9-10-5-3-2-4-6-10)14-12(17)8-7-11(15)13(14)16/h7-8,10H,2-6,9,17H2,1H3. The molecule has 1 aromatic carbocycles. The van der Waals surface area contributed by atoms with Crippen LogP contribution in [0.25, 0.3) is 0 Å². The van der Waals surface area contributed by atoms with Crippen LogP contribution in [0.5, 0.6) is 0 Å². The monoisotopic (exact) mass is 254 g/mol. The van der Waals surface area contributed by atoms with Crippen molar-refractivity contribution in [1.82, 2.24) is 0 Å². The molecule has 1 fully saturated rings. The first-order valence-electron chi connectivity index (χ1n) is 6.54. The predicted molar refractivity (Wildman–Crippen MR) is 70.6 cm³/mol. The van der Waals surface area contributed by atoms with Crippen molar-refractivity contribution in [3.63, 3.8) is 0 Å². The summed E-state index contributed by atoms with van der Waals surface area (Å²) in [6, 6.07) is 2.49. The fraction of sp³-hybridized carbons (Fsp3) is 0.571. The molecule has 0 radical (unpaired) electrons. The van der Waals surface area contributed by atoms with Crippen LogP contribution in [0.2, 0.25) is 0 Å². The lowest BCUT2D eigenvalue weighted by Crippen LogP contribution is -2.28. The quantitative estimate of drug-likeness (QED) is 0.836. The molecule has 1 aliphatic carbocycles. The molecule has 0 bridgehead atoms. The van der Waals surface area contributed by atoms with Gasteiger partial charge in [0.2, 0.25) is 0 Å². The molecule has 2 N–H and O–H groups in total. The minimum Gasteiger partial charge on any atom is -0.397 e. The first-order valence-corrected chi connectivity index (χ1v) is 6.54. The number of nitrogens with two attached hydrogens (primary N) is 1. The second-order valence-corrected chi connectivity index (χ2v) is 5.18. The minimum absolute atomic E-state index is 0.195. The molecule has 2 nitrogen and oxygen atoms in total. The lowest BCUT2D eigenvalue weighted by molar-refractivity contribution is 0.361. The summed E-state index contributed by atoms with van der Waals surface area (Å²) in [6.45, 7) is 0.741. The van der Waals surface area contributed by atoms with Crippen LogP contribution in [-0.4, -0.2) is 13.6 Å². The van der Waals surface area contributed by atoms with Gasteiger partial charge in [0, 0.05) is 13.6 Å². The van der Waals surface area contributed by atoms with Crippen molar-refractivity contribution in [2.24, 2.45) is 5.92 Å². The number of anilines is 2. The summed E-state index contributed by atoms with van der Waals surface area (Å²) in [5.41, 5.74) is 6.24. The summed E-state index contributed by atoms with van der Waals surface area (Å²) in [4.78, 5) is 1.75. The van der Waals surface area contributed by atoms with Crippen LogP contribution in [-0.2, 0) is 0 Å². The zero-order chi connectivity index (χ0) is 13.1. The summed E-state index contributed by atoms with van der Waals surface area (Å²) >= 11 is 0. The molecule has 4 heteroatoms. The van der Waals surface area contributed by atoms with Gasteiger partial charge in [-0.25, -0.2) is 8.78 Å². The highest BCUT2D eigenvalue weighted by Crippen LogP contribution is 2.31. The molecule has 1 aromatic rings. The Hall–Kier alpha value is -1.32. The zero-order valence-corrected chi connectivity index (χ0v) is 10.8. The molecular weight excluding hydrogens is 234 g/mol. The fourth-order valence-electron chi connectivity index (χ4n) is 2.79. The molecule has 0 aliphatic heterocycles. The molecule has 0 unspecified atom stereocenters. The summed E-state index contributed by atoms with van der Waals surface area (Å²) in [5.74, 6) is -1.12. The lowest BCUT2D eigenvalue weighted by atomic mass is 9.89. The van der Waals surface area contributed by atoms with E-state index >= 15 is 0 Å². The number of hydrogen-bond donors (Lipinski definition) is 1. The van der Waals surface area contributed by atoms with Crippen LogP contribution >= 0.6 is 0 Å². The molecule has 1 saturated carbocycles. The zero-order valence-electron chi connectivity index (χ0n) is 10.8. The van der Waals surface area contributed by atoms with E-state index in [1.165, 1.54) is 38.2 Å². The van der Waals surface area contributed by atoms with Gasteiger partial charge in [0.25, 0.3) is 0 Å². The SMILES string of the molecule is CN(CC1CCCCC1)c1c(N)ccc(F)c1F. The van der Waals surface area contributed by atoms with Crippen molar-refractivity contribution in [3.8, 4) is 0 Å². The maximum absolute atomic E-state index is 13.8. The summed E-state index contributed by atoms with van der Waals surface area (Å²) < 4.78 is 27.0. The van der Waals surface area contributed by atoms with E-state index < -0.39 is 11.6 Å². The Balaban J connectivity index is 2.12. The van der Waals surface area contributed by atoms with Crippen molar-refractivity contribution in [2.45, 2.75) is 32.1 Å². The second-order valence-electron chi connectivity index (χ2n) is 5.18. The van der Waals surface area contributed by atoms with Crippen molar-refractivity contribution in [2.75, 3.05) is 24.2 Å². The molecular formula is C14H20F2N2. The molecule has 100 valence electrons. The smallest absolute Gasteiger partial charge is 0.184 e.